The Morgan fingerprint density at radius 1 is 1.11 bits per heavy atom. The van der Waals surface area contributed by atoms with Crippen molar-refractivity contribution in [2.75, 3.05) is 10.6 Å². The van der Waals surface area contributed by atoms with Crippen LogP contribution in [0.3, 0.4) is 0 Å². The topological polar surface area (TPSA) is 71.3 Å². The van der Waals surface area contributed by atoms with Crippen molar-refractivity contribution in [3.8, 4) is 0 Å². The van der Waals surface area contributed by atoms with E-state index in [1.165, 1.54) is 10.6 Å². The van der Waals surface area contributed by atoms with Gasteiger partial charge in [0, 0.05) is 16.8 Å². The number of nitrogens with zero attached hydrogens (tertiary/aromatic N) is 3. The molecule has 2 aromatic carbocycles. The van der Waals surface area contributed by atoms with Gasteiger partial charge in [-0.05, 0) is 36.8 Å². The molecule has 1 aliphatic heterocycles. The fourth-order valence-corrected chi connectivity index (χ4v) is 3.37. The van der Waals surface area contributed by atoms with Gasteiger partial charge in [-0.25, -0.2) is 9.98 Å². The zero-order chi connectivity index (χ0) is 19.8. The number of aliphatic imine (C=N–C) groups is 1. The Morgan fingerprint density at radius 3 is 2.61 bits per heavy atom. The number of aryl methyl sites for hydroxylation is 1. The average molecular weight is 435 g/mol. The Hall–Kier alpha value is -2.54. The van der Waals surface area contributed by atoms with E-state index in [2.05, 4.69) is 20.6 Å². The predicted octanol–water partition coefficient (Wildman–Crippen LogP) is 4.95. The zero-order valence-corrected chi connectivity index (χ0v) is 16.8. The van der Waals surface area contributed by atoms with E-state index in [9.17, 15) is 4.79 Å². The summed E-state index contributed by atoms with van der Waals surface area (Å²) < 4.78 is 1.49. The summed E-state index contributed by atoms with van der Waals surface area (Å²) in [6.07, 6.45) is -0.616. The highest BCUT2D eigenvalue weighted by atomic mass is 35.5. The number of halogens is 3. The predicted molar refractivity (Wildman–Crippen MR) is 114 cm³/mol. The molecule has 0 radical (unpaired) electrons. The van der Waals surface area contributed by atoms with Crippen LogP contribution in [0.2, 0.25) is 15.1 Å². The fourth-order valence-electron chi connectivity index (χ4n) is 2.90. The van der Waals surface area contributed by atoms with Crippen molar-refractivity contribution >= 4 is 52.4 Å². The molecular formula is C19H14Cl3N5O. The first kappa shape index (κ1) is 18.8. The molecule has 0 aliphatic carbocycles. The van der Waals surface area contributed by atoms with Gasteiger partial charge in [-0.3, -0.25) is 14.7 Å². The molecule has 0 saturated heterocycles. The average Bonchev–Trinajstić information content (AvgIpc) is 2.65. The maximum atomic E-state index is 12.6. The molecule has 1 aromatic heterocycles. The maximum Gasteiger partial charge on any atom is 0.257 e. The minimum absolute atomic E-state index is 0.210. The molecule has 9 heteroatoms. The van der Waals surface area contributed by atoms with E-state index in [1.807, 2.05) is 12.1 Å². The summed E-state index contributed by atoms with van der Waals surface area (Å²) in [6, 6.07) is 13.9. The Bertz CT molecular complexity index is 1140. The van der Waals surface area contributed by atoms with Crippen LogP contribution in [0.25, 0.3) is 0 Å². The van der Waals surface area contributed by atoms with E-state index in [0.29, 0.717) is 38.4 Å². The number of hydrogen-bond donors (Lipinski definition) is 2. The molecule has 142 valence electrons. The smallest absolute Gasteiger partial charge is 0.257 e. The van der Waals surface area contributed by atoms with E-state index >= 15 is 0 Å². The van der Waals surface area contributed by atoms with Gasteiger partial charge in [-0.2, -0.15) is 0 Å². The van der Waals surface area contributed by atoms with Gasteiger partial charge in [-0.1, -0.05) is 53.0 Å². The van der Waals surface area contributed by atoms with Crippen LogP contribution in [-0.2, 0) is 0 Å². The van der Waals surface area contributed by atoms with Crippen LogP contribution in [0.1, 0.15) is 17.4 Å². The molecule has 1 unspecified atom stereocenters. The second-order valence-corrected chi connectivity index (χ2v) is 7.41. The van der Waals surface area contributed by atoms with Gasteiger partial charge < -0.3 is 5.32 Å². The van der Waals surface area contributed by atoms with Gasteiger partial charge in [0.05, 0.1) is 15.7 Å². The van der Waals surface area contributed by atoms with Crippen molar-refractivity contribution in [2.45, 2.75) is 13.1 Å². The van der Waals surface area contributed by atoms with Gasteiger partial charge in [0.2, 0.25) is 11.9 Å². The monoisotopic (exact) mass is 433 g/mol. The fraction of sp³-hybridized carbons (Fsp3) is 0.105. The lowest BCUT2D eigenvalue weighted by Crippen LogP contribution is -2.37. The molecule has 0 fully saturated rings. The van der Waals surface area contributed by atoms with E-state index in [1.54, 1.807) is 37.3 Å². The number of benzene rings is 2. The Balaban J connectivity index is 1.81. The standard InChI is InChI=1S/C19H14Cl3N5O/c1-10-9-15(28)27-17(11-5-7-12(20)8-6-11)25-18(26-19(27)23-10)24-14-4-2-3-13(21)16(14)22/h2-9,17H,1H3,(H2,23,24,25,26). The largest absolute Gasteiger partial charge is 0.325 e. The number of guanidine groups is 1. The SMILES string of the molecule is Cc1cc(=O)n2c(n1)NC(Nc1cccc(Cl)c1Cl)=NC2c1ccc(Cl)cc1. The summed E-state index contributed by atoms with van der Waals surface area (Å²) in [5.41, 5.74) is 1.76. The second kappa shape index (κ2) is 7.47. The molecule has 2 N–H and O–H groups in total. The molecule has 0 bridgehead atoms. The van der Waals surface area contributed by atoms with Crippen LogP contribution < -0.4 is 16.2 Å². The van der Waals surface area contributed by atoms with Crippen molar-refractivity contribution in [2.24, 2.45) is 4.99 Å². The quantitative estimate of drug-likeness (QED) is 0.598. The van der Waals surface area contributed by atoms with Crippen LogP contribution in [0.5, 0.6) is 0 Å². The number of hydrogen-bond acceptors (Lipinski definition) is 5. The van der Waals surface area contributed by atoms with Crippen LogP contribution in [0, 0.1) is 6.92 Å². The van der Waals surface area contributed by atoms with Gasteiger partial charge in [0.1, 0.15) is 0 Å². The normalized spacial score (nSPS) is 15.4. The second-order valence-electron chi connectivity index (χ2n) is 6.18. The van der Waals surface area contributed by atoms with Gasteiger partial charge in [-0.15, -0.1) is 0 Å². The minimum Gasteiger partial charge on any atom is -0.325 e. The maximum absolute atomic E-state index is 12.6. The molecule has 1 aliphatic rings. The van der Waals surface area contributed by atoms with Gasteiger partial charge in [0.25, 0.3) is 5.56 Å². The highest BCUT2D eigenvalue weighted by molar-refractivity contribution is 6.44. The molecule has 28 heavy (non-hydrogen) atoms. The Labute approximate surface area is 175 Å². The van der Waals surface area contributed by atoms with Gasteiger partial charge in [0.15, 0.2) is 6.17 Å². The Kier molecular flexibility index (Phi) is 5.02. The van der Waals surface area contributed by atoms with Crippen LogP contribution in [0.4, 0.5) is 11.6 Å². The third-order valence-electron chi connectivity index (χ3n) is 4.18. The first-order chi connectivity index (χ1) is 13.4. The minimum atomic E-state index is -0.616. The van der Waals surface area contributed by atoms with Crippen molar-refractivity contribution in [3.05, 3.63) is 85.2 Å². The first-order valence-corrected chi connectivity index (χ1v) is 9.47. The third-order valence-corrected chi connectivity index (χ3v) is 5.25. The third kappa shape index (κ3) is 3.58. The number of anilines is 2. The summed E-state index contributed by atoms with van der Waals surface area (Å²) in [5, 5.41) is 7.56. The summed E-state index contributed by atoms with van der Waals surface area (Å²) in [7, 11) is 0. The zero-order valence-electron chi connectivity index (χ0n) is 14.6. The number of rotatable bonds is 2. The highest BCUT2D eigenvalue weighted by Gasteiger charge is 2.25. The molecule has 0 amide bonds. The molecule has 0 saturated carbocycles. The lowest BCUT2D eigenvalue weighted by Gasteiger charge is -2.27. The molecule has 3 aromatic rings. The van der Waals surface area contributed by atoms with Crippen molar-refractivity contribution in [3.63, 3.8) is 0 Å². The van der Waals surface area contributed by atoms with Crippen LogP contribution in [0.15, 0.2) is 58.3 Å². The highest BCUT2D eigenvalue weighted by Crippen LogP contribution is 2.31. The molecule has 6 nitrogen and oxygen atoms in total. The summed E-state index contributed by atoms with van der Waals surface area (Å²) >= 11 is 18.4. The molecule has 1 atom stereocenters. The van der Waals surface area contributed by atoms with Crippen LogP contribution in [-0.4, -0.2) is 15.5 Å². The molecular weight excluding hydrogens is 421 g/mol. The Morgan fingerprint density at radius 2 is 1.86 bits per heavy atom. The number of aromatic nitrogens is 2. The lowest BCUT2D eigenvalue weighted by molar-refractivity contribution is 0.577. The summed E-state index contributed by atoms with van der Waals surface area (Å²) in [6.45, 7) is 1.76. The van der Waals surface area contributed by atoms with Crippen molar-refractivity contribution < 1.29 is 0 Å². The van der Waals surface area contributed by atoms with E-state index in [-0.39, 0.29) is 5.56 Å². The van der Waals surface area contributed by atoms with E-state index in [4.69, 9.17) is 34.8 Å². The number of nitrogens with one attached hydrogen (secondary N) is 2. The van der Waals surface area contributed by atoms with E-state index in [0.717, 1.165) is 5.56 Å². The van der Waals surface area contributed by atoms with Crippen LogP contribution >= 0.6 is 34.8 Å². The van der Waals surface area contributed by atoms with Gasteiger partial charge >= 0.3 is 0 Å². The van der Waals surface area contributed by atoms with Crippen molar-refractivity contribution in [1.82, 2.24) is 9.55 Å². The number of fused-ring (bicyclic) bond motifs is 1. The lowest BCUT2D eigenvalue weighted by atomic mass is 10.1. The summed E-state index contributed by atoms with van der Waals surface area (Å²) in [4.78, 5) is 21.7. The van der Waals surface area contributed by atoms with Crippen molar-refractivity contribution in [1.29, 1.82) is 0 Å². The first-order valence-electron chi connectivity index (χ1n) is 8.34. The summed E-state index contributed by atoms with van der Waals surface area (Å²) in [5.74, 6) is 0.766. The molecule has 4 rings (SSSR count). The van der Waals surface area contributed by atoms with E-state index < -0.39 is 6.17 Å². The molecule has 0 spiro atoms. The molecule has 2 heterocycles.